The molecule has 160 valence electrons. The Morgan fingerprint density at radius 1 is 1.17 bits per heavy atom. The van der Waals surface area contributed by atoms with Crippen LogP contribution in [0, 0.1) is 0 Å². The summed E-state index contributed by atoms with van der Waals surface area (Å²) in [7, 11) is 3.32. The van der Waals surface area contributed by atoms with E-state index >= 15 is 0 Å². The van der Waals surface area contributed by atoms with Gasteiger partial charge in [0, 0.05) is 25.2 Å². The van der Waals surface area contributed by atoms with E-state index in [-0.39, 0.29) is 12.6 Å². The Labute approximate surface area is 177 Å². The van der Waals surface area contributed by atoms with Gasteiger partial charge in [-0.3, -0.25) is 4.90 Å². The van der Waals surface area contributed by atoms with Crippen molar-refractivity contribution in [2.75, 3.05) is 33.9 Å². The van der Waals surface area contributed by atoms with Crippen LogP contribution < -0.4 is 9.47 Å². The summed E-state index contributed by atoms with van der Waals surface area (Å²) < 4.78 is 10.8. The van der Waals surface area contributed by atoms with Gasteiger partial charge in [-0.2, -0.15) is 0 Å². The number of hydrogen-bond donors (Lipinski definition) is 2. The standard InChI is InChI=1S/C24H29NO5/c1-29-20-6-9-23(30-2)19(16-20)11-12-25(13-14-26)22-8-5-18-15-17(3-7-21(18)22)4-10-24(27)28/h3-4,6-7,9-10,15-16,22,26H,5,8,11-14H2,1-2H3,(H,27,28)/b10-4+. The third-order valence-electron chi connectivity index (χ3n) is 5.62. The molecule has 0 bridgehead atoms. The maximum Gasteiger partial charge on any atom is 0.328 e. The molecule has 0 heterocycles. The normalized spacial score (nSPS) is 15.5. The molecule has 1 aliphatic carbocycles. The highest BCUT2D eigenvalue weighted by Crippen LogP contribution is 2.37. The molecule has 0 spiro atoms. The van der Waals surface area contributed by atoms with Crippen LogP contribution in [0.4, 0.5) is 0 Å². The summed E-state index contributed by atoms with van der Waals surface area (Å²) in [5.74, 6) is 0.685. The number of aliphatic hydroxyl groups is 1. The first-order valence-corrected chi connectivity index (χ1v) is 10.2. The number of benzene rings is 2. The number of hydrogen-bond acceptors (Lipinski definition) is 5. The van der Waals surface area contributed by atoms with Gasteiger partial charge in [0.05, 0.1) is 20.8 Å². The van der Waals surface area contributed by atoms with E-state index in [0.717, 1.165) is 54.5 Å². The van der Waals surface area contributed by atoms with Crippen LogP contribution >= 0.6 is 0 Å². The summed E-state index contributed by atoms with van der Waals surface area (Å²) in [6, 6.07) is 12.2. The molecule has 3 rings (SSSR count). The average Bonchev–Trinajstić information content (AvgIpc) is 3.18. The topological polar surface area (TPSA) is 79.2 Å². The second kappa shape index (κ2) is 10.3. The zero-order valence-corrected chi connectivity index (χ0v) is 17.5. The lowest BCUT2D eigenvalue weighted by molar-refractivity contribution is -0.131. The van der Waals surface area contributed by atoms with Crippen molar-refractivity contribution >= 4 is 12.0 Å². The fourth-order valence-corrected chi connectivity index (χ4v) is 4.16. The number of carbonyl (C=O) groups is 1. The predicted molar refractivity (Wildman–Crippen MR) is 116 cm³/mol. The quantitative estimate of drug-likeness (QED) is 0.584. The van der Waals surface area contributed by atoms with E-state index < -0.39 is 5.97 Å². The van der Waals surface area contributed by atoms with Crippen molar-refractivity contribution in [1.82, 2.24) is 4.90 Å². The minimum atomic E-state index is -0.949. The zero-order chi connectivity index (χ0) is 21.5. The molecule has 1 atom stereocenters. The molecule has 1 unspecified atom stereocenters. The molecular weight excluding hydrogens is 382 g/mol. The largest absolute Gasteiger partial charge is 0.497 e. The maximum atomic E-state index is 10.8. The molecule has 2 aromatic rings. The number of carboxylic acids is 1. The number of aliphatic hydroxyl groups excluding tert-OH is 1. The molecule has 2 N–H and O–H groups in total. The number of ether oxygens (including phenoxy) is 2. The molecule has 30 heavy (non-hydrogen) atoms. The highest BCUT2D eigenvalue weighted by Gasteiger charge is 2.27. The number of carboxylic acid groups (broad SMARTS) is 1. The Morgan fingerprint density at radius 3 is 2.70 bits per heavy atom. The van der Waals surface area contributed by atoms with Gasteiger partial charge in [-0.15, -0.1) is 0 Å². The SMILES string of the molecule is COc1ccc(OC)c(CCN(CCO)C2CCc3cc(/C=C/C(=O)O)ccc32)c1. The molecule has 0 aromatic heterocycles. The monoisotopic (exact) mass is 411 g/mol. The van der Waals surface area contributed by atoms with Crippen molar-refractivity contribution in [3.05, 3.63) is 64.7 Å². The second-order valence-corrected chi connectivity index (χ2v) is 7.37. The number of fused-ring (bicyclic) bond motifs is 1. The number of aliphatic carboxylic acids is 1. The van der Waals surface area contributed by atoms with Crippen LogP contribution in [-0.2, 0) is 17.6 Å². The number of rotatable bonds is 10. The average molecular weight is 411 g/mol. The fourth-order valence-electron chi connectivity index (χ4n) is 4.16. The van der Waals surface area contributed by atoms with Gasteiger partial charge >= 0.3 is 5.97 Å². The lowest BCUT2D eigenvalue weighted by atomic mass is 10.0. The Hall–Kier alpha value is -2.83. The fraction of sp³-hybridized carbons (Fsp3) is 0.375. The van der Waals surface area contributed by atoms with Gasteiger partial charge in [-0.05, 0) is 65.8 Å². The highest BCUT2D eigenvalue weighted by molar-refractivity contribution is 5.85. The van der Waals surface area contributed by atoms with E-state index in [9.17, 15) is 9.90 Å². The molecule has 0 saturated heterocycles. The predicted octanol–water partition coefficient (Wildman–Crippen LogP) is 3.33. The molecule has 6 nitrogen and oxygen atoms in total. The van der Waals surface area contributed by atoms with Gasteiger partial charge < -0.3 is 19.7 Å². The molecule has 1 aliphatic rings. The summed E-state index contributed by atoms with van der Waals surface area (Å²) in [6.45, 7) is 1.48. The van der Waals surface area contributed by atoms with Crippen LogP contribution in [-0.4, -0.2) is 55.0 Å². The van der Waals surface area contributed by atoms with Crippen LogP contribution in [0.2, 0.25) is 0 Å². The molecule has 0 aliphatic heterocycles. The number of methoxy groups -OCH3 is 2. The molecule has 0 fully saturated rings. The Balaban J connectivity index is 1.76. The van der Waals surface area contributed by atoms with Crippen molar-refractivity contribution in [2.45, 2.75) is 25.3 Å². The van der Waals surface area contributed by atoms with Crippen molar-refractivity contribution in [3.8, 4) is 11.5 Å². The van der Waals surface area contributed by atoms with E-state index in [4.69, 9.17) is 14.6 Å². The Morgan fingerprint density at radius 2 is 2.00 bits per heavy atom. The smallest absolute Gasteiger partial charge is 0.328 e. The van der Waals surface area contributed by atoms with E-state index in [1.54, 1.807) is 20.3 Å². The number of nitrogens with zero attached hydrogens (tertiary/aromatic N) is 1. The zero-order valence-electron chi connectivity index (χ0n) is 17.5. The van der Waals surface area contributed by atoms with Crippen LogP contribution in [0.5, 0.6) is 11.5 Å². The van der Waals surface area contributed by atoms with Gasteiger partial charge in [0.1, 0.15) is 11.5 Å². The Kier molecular flexibility index (Phi) is 7.49. The van der Waals surface area contributed by atoms with E-state index in [1.165, 1.54) is 11.1 Å². The van der Waals surface area contributed by atoms with Gasteiger partial charge in [0.25, 0.3) is 0 Å². The van der Waals surface area contributed by atoms with Crippen molar-refractivity contribution in [2.24, 2.45) is 0 Å². The minimum Gasteiger partial charge on any atom is -0.497 e. The summed E-state index contributed by atoms with van der Waals surface area (Å²) in [6.07, 6.45) is 5.49. The van der Waals surface area contributed by atoms with Crippen LogP contribution in [0.1, 0.15) is 34.7 Å². The summed E-state index contributed by atoms with van der Waals surface area (Å²) in [4.78, 5) is 13.1. The van der Waals surface area contributed by atoms with Crippen molar-refractivity contribution < 1.29 is 24.5 Å². The van der Waals surface area contributed by atoms with E-state index in [0.29, 0.717) is 6.54 Å². The maximum absolute atomic E-state index is 10.8. The highest BCUT2D eigenvalue weighted by atomic mass is 16.5. The first kappa shape index (κ1) is 21.9. The van der Waals surface area contributed by atoms with Crippen molar-refractivity contribution in [1.29, 1.82) is 0 Å². The molecule has 6 heteroatoms. The van der Waals surface area contributed by atoms with Crippen LogP contribution in [0.25, 0.3) is 6.08 Å². The van der Waals surface area contributed by atoms with E-state index in [1.807, 2.05) is 24.3 Å². The van der Waals surface area contributed by atoms with Crippen molar-refractivity contribution in [3.63, 3.8) is 0 Å². The summed E-state index contributed by atoms with van der Waals surface area (Å²) >= 11 is 0. The second-order valence-electron chi connectivity index (χ2n) is 7.37. The summed E-state index contributed by atoms with van der Waals surface area (Å²) in [5, 5.41) is 18.5. The summed E-state index contributed by atoms with van der Waals surface area (Å²) in [5.41, 5.74) is 4.47. The minimum absolute atomic E-state index is 0.0977. The molecule has 0 saturated carbocycles. The third-order valence-corrected chi connectivity index (χ3v) is 5.62. The number of aryl methyl sites for hydroxylation is 1. The van der Waals surface area contributed by atoms with Crippen LogP contribution in [0.15, 0.2) is 42.5 Å². The lowest BCUT2D eigenvalue weighted by Gasteiger charge is -2.29. The van der Waals surface area contributed by atoms with Crippen LogP contribution in [0.3, 0.4) is 0 Å². The van der Waals surface area contributed by atoms with Gasteiger partial charge in [-0.1, -0.05) is 18.2 Å². The third kappa shape index (κ3) is 5.20. The van der Waals surface area contributed by atoms with E-state index in [2.05, 4.69) is 17.0 Å². The van der Waals surface area contributed by atoms with Gasteiger partial charge in [0.2, 0.25) is 0 Å². The molecule has 2 aromatic carbocycles. The lowest BCUT2D eigenvalue weighted by Crippen LogP contribution is -2.32. The molecule has 0 radical (unpaired) electrons. The Bertz CT molecular complexity index is 908. The molecular formula is C24H29NO5. The van der Waals surface area contributed by atoms with Gasteiger partial charge in [-0.25, -0.2) is 4.79 Å². The van der Waals surface area contributed by atoms with Gasteiger partial charge in [0.15, 0.2) is 0 Å². The first-order chi connectivity index (χ1) is 14.5. The molecule has 0 amide bonds. The first-order valence-electron chi connectivity index (χ1n) is 10.2.